The van der Waals surface area contributed by atoms with Gasteiger partial charge in [-0.1, -0.05) is 0 Å². The molecule has 1 heterocycles. The molecule has 0 spiro atoms. The molecule has 0 amide bonds. The zero-order valence-electron chi connectivity index (χ0n) is 10.9. The van der Waals surface area contributed by atoms with Crippen LogP contribution in [0.4, 0.5) is 0 Å². The Hall–Kier alpha value is -1.12. The maximum absolute atomic E-state index is 10.4. The average molecular weight is 253 g/mol. The van der Waals surface area contributed by atoms with Gasteiger partial charge in [0.25, 0.3) is 0 Å². The molecule has 0 saturated carbocycles. The molecule has 5 heteroatoms. The summed E-state index contributed by atoms with van der Waals surface area (Å²) in [5.41, 5.74) is 0. The van der Waals surface area contributed by atoms with E-state index < -0.39 is 5.97 Å². The van der Waals surface area contributed by atoms with Crippen molar-refractivity contribution in [2.45, 2.75) is 32.1 Å². The number of carboxylic acid groups (broad SMARTS) is 1. The molecular weight excluding hydrogens is 230 g/mol. The zero-order chi connectivity index (χ0) is 13.2. The molecule has 5 nitrogen and oxygen atoms in total. The summed E-state index contributed by atoms with van der Waals surface area (Å²) in [5.74, 6) is -0.228. The molecule has 1 saturated heterocycles. The van der Waals surface area contributed by atoms with E-state index >= 15 is 0 Å². The molecule has 0 aromatic heterocycles. The summed E-state index contributed by atoms with van der Waals surface area (Å²) in [6.07, 6.45) is 5.09. The molecule has 102 valence electrons. The molecule has 1 atom stereocenters. The minimum Gasteiger partial charge on any atom is -0.480 e. The van der Waals surface area contributed by atoms with E-state index in [0.29, 0.717) is 12.3 Å². The van der Waals surface area contributed by atoms with Crippen LogP contribution < -0.4 is 5.32 Å². The van der Waals surface area contributed by atoms with E-state index in [1.807, 2.05) is 0 Å². The lowest BCUT2D eigenvalue weighted by molar-refractivity contribution is -0.136. The molecule has 2 N–H and O–H groups in total. The monoisotopic (exact) mass is 253 g/mol. The van der Waals surface area contributed by atoms with Crippen LogP contribution in [0.3, 0.4) is 0 Å². The van der Waals surface area contributed by atoms with Crippen molar-refractivity contribution < 1.29 is 9.90 Å². The van der Waals surface area contributed by atoms with Gasteiger partial charge >= 0.3 is 5.97 Å². The summed E-state index contributed by atoms with van der Waals surface area (Å²) in [6, 6.07) is 2.17. The molecule has 0 radical (unpaired) electrons. The standard InChI is InChI=1S/C13H23N3O2/c14-6-2-1-3-7-16-8-4-5-12(11-16)9-15-10-13(17)18/h12,15H,1-5,7-11H2,(H,17,18). The normalized spacial score (nSPS) is 20.5. The van der Waals surface area contributed by atoms with Gasteiger partial charge < -0.3 is 15.3 Å². The van der Waals surface area contributed by atoms with Gasteiger partial charge in [0.2, 0.25) is 0 Å². The number of hydrogen-bond acceptors (Lipinski definition) is 4. The summed E-state index contributed by atoms with van der Waals surface area (Å²) >= 11 is 0. The SMILES string of the molecule is N#CCCCCN1CCCC(CNCC(=O)O)C1. The van der Waals surface area contributed by atoms with Crippen LogP contribution in [0.5, 0.6) is 0 Å². The molecular formula is C13H23N3O2. The molecule has 1 unspecified atom stereocenters. The third-order valence-corrected chi connectivity index (χ3v) is 3.33. The lowest BCUT2D eigenvalue weighted by Gasteiger charge is -2.32. The molecule has 0 aromatic rings. The Kier molecular flexibility index (Phi) is 7.38. The second kappa shape index (κ2) is 8.90. The molecule has 1 aliphatic rings. The Morgan fingerprint density at radius 2 is 2.33 bits per heavy atom. The molecule has 0 bridgehead atoms. The van der Waals surface area contributed by atoms with E-state index in [-0.39, 0.29) is 6.54 Å². The number of carboxylic acids is 1. The molecule has 1 aliphatic heterocycles. The van der Waals surface area contributed by atoms with Crippen molar-refractivity contribution in [2.75, 3.05) is 32.7 Å². The number of rotatable bonds is 8. The number of carbonyl (C=O) groups is 1. The van der Waals surface area contributed by atoms with Crippen molar-refractivity contribution in [3.63, 3.8) is 0 Å². The number of nitriles is 1. The van der Waals surface area contributed by atoms with Crippen LogP contribution in [-0.4, -0.2) is 48.7 Å². The van der Waals surface area contributed by atoms with Gasteiger partial charge in [-0.15, -0.1) is 0 Å². The van der Waals surface area contributed by atoms with Crippen molar-refractivity contribution in [3.05, 3.63) is 0 Å². The van der Waals surface area contributed by atoms with Gasteiger partial charge in [0.05, 0.1) is 12.6 Å². The summed E-state index contributed by atoms with van der Waals surface area (Å²) in [6.45, 7) is 4.11. The number of unbranched alkanes of at least 4 members (excludes halogenated alkanes) is 2. The third-order valence-electron chi connectivity index (χ3n) is 3.33. The van der Waals surface area contributed by atoms with Crippen LogP contribution in [0.15, 0.2) is 0 Å². The number of aliphatic carboxylic acids is 1. The third kappa shape index (κ3) is 6.58. The molecule has 1 fully saturated rings. The highest BCUT2D eigenvalue weighted by Crippen LogP contribution is 2.16. The largest absolute Gasteiger partial charge is 0.480 e. The number of piperidine rings is 1. The Bertz CT molecular complexity index is 288. The minimum absolute atomic E-state index is 0.0542. The summed E-state index contributed by atoms with van der Waals surface area (Å²) < 4.78 is 0. The zero-order valence-corrected chi connectivity index (χ0v) is 10.9. The lowest BCUT2D eigenvalue weighted by atomic mass is 9.97. The number of likely N-dealkylation sites (tertiary alicyclic amines) is 1. The van der Waals surface area contributed by atoms with Gasteiger partial charge in [-0.05, 0) is 51.2 Å². The Morgan fingerprint density at radius 1 is 1.50 bits per heavy atom. The number of nitrogens with one attached hydrogen (secondary N) is 1. The molecule has 0 aromatic carbocycles. The van der Waals surface area contributed by atoms with E-state index in [4.69, 9.17) is 10.4 Å². The van der Waals surface area contributed by atoms with Crippen molar-refractivity contribution >= 4 is 5.97 Å². The maximum Gasteiger partial charge on any atom is 0.317 e. The lowest BCUT2D eigenvalue weighted by Crippen LogP contribution is -2.40. The van der Waals surface area contributed by atoms with Crippen LogP contribution in [0.25, 0.3) is 0 Å². The van der Waals surface area contributed by atoms with E-state index in [2.05, 4.69) is 16.3 Å². The smallest absolute Gasteiger partial charge is 0.317 e. The van der Waals surface area contributed by atoms with Crippen LogP contribution >= 0.6 is 0 Å². The maximum atomic E-state index is 10.4. The van der Waals surface area contributed by atoms with Gasteiger partial charge in [-0.25, -0.2) is 0 Å². The predicted molar refractivity (Wildman–Crippen MR) is 69.1 cm³/mol. The fraction of sp³-hybridized carbons (Fsp3) is 0.846. The highest BCUT2D eigenvalue weighted by atomic mass is 16.4. The van der Waals surface area contributed by atoms with E-state index in [1.165, 1.54) is 12.8 Å². The summed E-state index contributed by atoms with van der Waals surface area (Å²) in [5, 5.41) is 20.0. The number of hydrogen-bond donors (Lipinski definition) is 2. The van der Waals surface area contributed by atoms with Crippen molar-refractivity contribution in [1.82, 2.24) is 10.2 Å². The summed E-state index contributed by atoms with van der Waals surface area (Å²) in [7, 11) is 0. The highest BCUT2D eigenvalue weighted by molar-refractivity contribution is 5.68. The van der Waals surface area contributed by atoms with Crippen molar-refractivity contribution in [1.29, 1.82) is 5.26 Å². The highest BCUT2D eigenvalue weighted by Gasteiger charge is 2.19. The van der Waals surface area contributed by atoms with E-state index in [1.54, 1.807) is 0 Å². The van der Waals surface area contributed by atoms with E-state index in [0.717, 1.165) is 39.0 Å². The van der Waals surface area contributed by atoms with Crippen molar-refractivity contribution in [3.8, 4) is 6.07 Å². The summed E-state index contributed by atoms with van der Waals surface area (Å²) in [4.78, 5) is 12.8. The molecule has 0 aliphatic carbocycles. The van der Waals surface area contributed by atoms with Gasteiger partial charge in [0.1, 0.15) is 0 Å². The van der Waals surface area contributed by atoms with Gasteiger partial charge in [-0.3, -0.25) is 4.79 Å². The van der Waals surface area contributed by atoms with Gasteiger partial charge in [-0.2, -0.15) is 5.26 Å². The topological polar surface area (TPSA) is 76.4 Å². The Balaban J connectivity index is 2.12. The average Bonchev–Trinajstić information content (AvgIpc) is 2.35. The number of nitrogens with zero attached hydrogens (tertiary/aromatic N) is 2. The quantitative estimate of drug-likeness (QED) is 0.633. The predicted octanol–water partition coefficient (Wildman–Crippen LogP) is 1.07. The fourth-order valence-corrected chi connectivity index (χ4v) is 2.44. The second-order valence-corrected chi connectivity index (χ2v) is 4.95. The van der Waals surface area contributed by atoms with Crippen LogP contribution in [0.2, 0.25) is 0 Å². The second-order valence-electron chi connectivity index (χ2n) is 4.95. The van der Waals surface area contributed by atoms with Crippen LogP contribution in [0.1, 0.15) is 32.1 Å². The van der Waals surface area contributed by atoms with Crippen molar-refractivity contribution in [2.24, 2.45) is 5.92 Å². The van der Waals surface area contributed by atoms with Crippen LogP contribution in [0, 0.1) is 17.2 Å². The Labute approximate surface area is 109 Å². The van der Waals surface area contributed by atoms with Crippen LogP contribution in [-0.2, 0) is 4.79 Å². The first kappa shape index (κ1) is 14.9. The van der Waals surface area contributed by atoms with Gasteiger partial charge in [0.15, 0.2) is 0 Å². The fourth-order valence-electron chi connectivity index (χ4n) is 2.44. The first-order valence-corrected chi connectivity index (χ1v) is 6.74. The first-order chi connectivity index (χ1) is 8.72. The molecule has 1 rings (SSSR count). The first-order valence-electron chi connectivity index (χ1n) is 6.74. The Morgan fingerprint density at radius 3 is 3.06 bits per heavy atom. The van der Waals surface area contributed by atoms with E-state index in [9.17, 15) is 4.79 Å². The minimum atomic E-state index is -0.792. The van der Waals surface area contributed by atoms with Gasteiger partial charge in [0, 0.05) is 13.0 Å². The molecule has 18 heavy (non-hydrogen) atoms.